The first-order valence-corrected chi connectivity index (χ1v) is 10.2. The first-order chi connectivity index (χ1) is 16.2. The van der Waals surface area contributed by atoms with Crippen LogP contribution in [0.5, 0.6) is 5.75 Å². The molecule has 0 aliphatic carbocycles. The van der Waals surface area contributed by atoms with E-state index in [2.05, 4.69) is 9.72 Å². The summed E-state index contributed by atoms with van der Waals surface area (Å²) in [4.78, 5) is 29.1. The van der Waals surface area contributed by atoms with Crippen LogP contribution in [-0.4, -0.2) is 43.7 Å². The average molecular weight is 490 g/mol. The fourth-order valence-electron chi connectivity index (χ4n) is 3.39. The number of amides is 2. The lowest BCUT2D eigenvalue weighted by Crippen LogP contribution is -2.39. The highest BCUT2D eigenvalue weighted by Gasteiger charge is 2.31. The zero-order chi connectivity index (χ0) is 26.1. The Kier molecular flexibility index (Phi) is 6.64. The second-order valence-electron chi connectivity index (χ2n) is 8.54. The van der Waals surface area contributed by atoms with Gasteiger partial charge in [0.15, 0.2) is 0 Å². The lowest BCUT2D eigenvalue weighted by atomic mass is 9.96. The molecule has 9 nitrogen and oxygen atoms in total. The van der Waals surface area contributed by atoms with E-state index < -0.39 is 36.4 Å². The number of nitriles is 1. The molecule has 0 atom stereocenters. The van der Waals surface area contributed by atoms with Crippen molar-refractivity contribution in [2.24, 2.45) is 7.05 Å². The molecule has 2 amide bonds. The number of ether oxygens (including phenoxy) is 2. The highest BCUT2D eigenvalue weighted by molar-refractivity contribution is 5.97. The third kappa shape index (κ3) is 5.81. The molecule has 0 fully saturated rings. The van der Waals surface area contributed by atoms with Gasteiger partial charge in [-0.25, -0.2) is 19.5 Å². The summed E-state index contributed by atoms with van der Waals surface area (Å²) in [6, 6.07) is 8.52. The van der Waals surface area contributed by atoms with Crippen LogP contribution in [0, 0.1) is 11.3 Å². The van der Waals surface area contributed by atoms with Gasteiger partial charge in [-0.05, 0) is 50.1 Å². The maximum Gasteiger partial charge on any atom is 0.573 e. The van der Waals surface area contributed by atoms with Crippen molar-refractivity contribution in [1.82, 2.24) is 14.5 Å². The molecule has 0 saturated heterocycles. The molecular formula is C23H21F3N4O5. The molecule has 0 aliphatic heterocycles. The summed E-state index contributed by atoms with van der Waals surface area (Å²) in [5.74, 6) is -0.422. The van der Waals surface area contributed by atoms with Crippen LogP contribution in [0.3, 0.4) is 0 Å². The Bertz CT molecular complexity index is 1320. The van der Waals surface area contributed by atoms with Crippen molar-refractivity contribution in [2.75, 3.05) is 0 Å². The summed E-state index contributed by atoms with van der Waals surface area (Å²) >= 11 is 0. The molecule has 3 aromatic rings. The van der Waals surface area contributed by atoms with E-state index in [1.165, 1.54) is 24.5 Å². The second-order valence-corrected chi connectivity index (χ2v) is 8.54. The number of carbonyl (C=O) groups excluding carboxylic acids is 1. The van der Waals surface area contributed by atoms with Crippen molar-refractivity contribution >= 4 is 23.2 Å². The maximum atomic E-state index is 12.5. The molecule has 1 N–H and O–H groups in total. The van der Waals surface area contributed by atoms with Gasteiger partial charge in [0.1, 0.15) is 17.4 Å². The van der Waals surface area contributed by atoms with Crippen LogP contribution in [-0.2, 0) is 18.3 Å². The van der Waals surface area contributed by atoms with Gasteiger partial charge >= 0.3 is 18.5 Å². The zero-order valence-electron chi connectivity index (χ0n) is 19.2. The molecular weight excluding hydrogens is 469 g/mol. The standard InChI is InChI=1S/C23H21F3N4O5/c1-22(2,3)35-21(33)30(20(31)32)11-14-9-16(18-19(17(14)10-27)29(4)12-28-18)13-5-7-15(8-6-13)34-23(24,25)26/h5-9,12H,11H2,1-4H3,(H,31,32). The topological polar surface area (TPSA) is 118 Å². The molecule has 0 spiro atoms. The molecule has 184 valence electrons. The molecule has 0 bridgehead atoms. The lowest BCUT2D eigenvalue weighted by molar-refractivity contribution is -0.274. The van der Waals surface area contributed by atoms with Crippen LogP contribution in [0.25, 0.3) is 22.2 Å². The van der Waals surface area contributed by atoms with Crippen LogP contribution in [0.1, 0.15) is 31.9 Å². The number of carboxylic acid groups (broad SMARTS) is 1. The van der Waals surface area contributed by atoms with E-state index in [9.17, 15) is 33.1 Å². The third-order valence-electron chi connectivity index (χ3n) is 4.75. The van der Waals surface area contributed by atoms with Crippen LogP contribution in [0.4, 0.5) is 22.8 Å². The summed E-state index contributed by atoms with van der Waals surface area (Å²) in [6.45, 7) is 4.24. The van der Waals surface area contributed by atoms with Crippen molar-refractivity contribution in [3.05, 3.63) is 47.8 Å². The molecule has 1 aromatic heterocycles. The molecule has 3 rings (SSSR count). The Morgan fingerprint density at radius 2 is 1.83 bits per heavy atom. The number of aromatic nitrogens is 2. The van der Waals surface area contributed by atoms with Gasteiger partial charge in [0.05, 0.1) is 29.5 Å². The molecule has 0 radical (unpaired) electrons. The highest BCUT2D eigenvalue weighted by Crippen LogP contribution is 2.34. The van der Waals surface area contributed by atoms with Crippen LogP contribution < -0.4 is 4.74 Å². The largest absolute Gasteiger partial charge is 0.573 e. The van der Waals surface area contributed by atoms with Gasteiger partial charge in [0.25, 0.3) is 0 Å². The number of alkyl halides is 3. The monoisotopic (exact) mass is 490 g/mol. The number of benzene rings is 2. The molecule has 35 heavy (non-hydrogen) atoms. The lowest BCUT2D eigenvalue weighted by Gasteiger charge is -2.25. The van der Waals surface area contributed by atoms with Crippen molar-refractivity contribution in [2.45, 2.75) is 39.3 Å². The van der Waals surface area contributed by atoms with Crippen molar-refractivity contribution in [3.8, 4) is 22.9 Å². The van der Waals surface area contributed by atoms with Crippen molar-refractivity contribution < 1.29 is 37.3 Å². The number of nitrogens with zero attached hydrogens (tertiary/aromatic N) is 4. The number of aryl methyl sites for hydroxylation is 1. The van der Waals surface area contributed by atoms with Gasteiger partial charge in [-0.15, -0.1) is 13.2 Å². The zero-order valence-corrected chi connectivity index (χ0v) is 19.2. The smallest absolute Gasteiger partial charge is 0.465 e. The third-order valence-corrected chi connectivity index (χ3v) is 4.75. The SMILES string of the molecule is Cn1cnc2c(-c3ccc(OC(F)(F)F)cc3)cc(CN(C(=O)O)C(=O)OC(C)(C)C)c(C#N)c21. The maximum absolute atomic E-state index is 12.5. The number of carbonyl (C=O) groups is 2. The Balaban J connectivity index is 2.13. The van der Waals surface area contributed by atoms with E-state index >= 15 is 0 Å². The summed E-state index contributed by atoms with van der Waals surface area (Å²) in [6.07, 6.45) is -6.10. The number of imide groups is 1. The van der Waals surface area contributed by atoms with E-state index in [-0.39, 0.29) is 11.1 Å². The molecule has 2 aromatic carbocycles. The predicted octanol–water partition coefficient (Wildman–Crippen LogP) is 5.43. The number of imidazole rings is 1. The summed E-state index contributed by atoms with van der Waals surface area (Å²) in [5.41, 5.74) is 0.913. The predicted molar refractivity (Wildman–Crippen MR) is 117 cm³/mol. The Morgan fingerprint density at radius 3 is 2.34 bits per heavy atom. The first-order valence-electron chi connectivity index (χ1n) is 10.2. The second kappa shape index (κ2) is 9.17. The van der Waals surface area contributed by atoms with Gasteiger partial charge in [-0.3, -0.25) is 0 Å². The van der Waals surface area contributed by atoms with Crippen LogP contribution >= 0.6 is 0 Å². The average Bonchev–Trinajstić information content (AvgIpc) is 3.11. The first kappa shape index (κ1) is 25.4. The Morgan fingerprint density at radius 1 is 1.20 bits per heavy atom. The quantitative estimate of drug-likeness (QED) is 0.518. The van der Waals surface area contributed by atoms with Gasteiger partial charge in [-0.2, -0.15) is 5.26 Å². The normalized spacial score (nSPS) is 11.7. The van der Waals surface area contributed by atoms with Crippen molar-refractivity contribution in [3.63, 3.8) is 0 Å². The van der Waals surface area contributed by atoms with E-state index in [1.54, 1.807) is 32.4 Å². The Labute approximate surface area is 197 Å². The number of halogens is 3. The molecule has 0 unspecified atom stereocenters. The van der Waals surface area contributed by atoms with Gasteiger partial charge in [0.2, 0.25) is 0 Å². The molecule has 12 heteroatoms. The van der Waals surface area contributed by atoms with Crippen molar-refractivity contribution in [1.29, 1.82) is 5.26 Å². The minimum absolute atomic E-state index is 0.0931. The molecule has 0 saturated carbocycles. The fourth-order valence-corrected chi connectivity index (χ4v) is 3.39. The molecule has 0 aliphatic rings. The summed E-state index contributed by atoms with van der Waals surface area (Å²) < 4.78 is 48.2. The summed E-state index contributed by atoms with van der Waals surface area (Å²) in [7, 11) is 1.63. The highest BCUT2D eigenvalue weighted by atomic mass is 19.4. The molecule has 1 heterocycles. The number of fused-ring (bicyclic) bond motifs is 1. The van der Waals surface area contributed by atoms with Gasteiger partial charge in [0, 0.05) is 12.6 Å². The van der Waals surface area contributed by atoms with E-state index in [4.69, 9.17) is 4.74 Å². The summed E-state index contributed by atoms with van der Waals surface area (Å²) in [5, 5.41) is 19.5. The van der Waals surface area contributed by atoms with Gasteiger partial charge < -0.3 is 19.1 Å². The minimum atomic E-state index is -4.85. The number of hydrogen-bond donors (Lipinski definition) is 1. The van der Waals surface area contributed by atoms with Gasteiger partial charge in [-0.1, -0.05) is 12.1 Å². The van der Waals surface area contributed by atoms with E-state index in [1.807, 2.05) is 6.07 Å². The van der Waals surface area contributed by atoms with Crippen LogP contribution in [0.2, 0.25) is 0 Å². The fraction of sp³-hybridized carbons (Fsp3) is 0.304. The number of rotatable bonds is 4. The number of hydrogen-bond acceptors (Lipinski definition) is 6. The minimum Gasteiger partial charge on any atom is -0.465 e. The Hall–Kier alpha value is -4.27. The van der Waals surface area contributed by atoms with E-state index in [0.717, 1.165) is 12.1 Å². The van der Waals surface area contributed by atoms with Crippen LogP contribution in [0.15, 0.2) is 36.7 Å². The van der Waals surface area contributed by atoms with E-state index in [0.29, 0.717) is 27.1 Å².